The summed E-state index contributed by atoms with van der Waals surface area (Å²) in [5.41, 5.74) is 18.1. The molecular weight excluding hydrogens is 741 g/mol. The standard InChI is InChI=1S/C57H42N4/c1-39-20-30-47(31-21-39)59(48-32-22-40(2)23-33-48)49-34-28-42(29-35-49)45-36-44(37-50(38-45)60-54-17-9-6-14-51(54)52-15-7-10-18-55(52)60)41-24-26-43(27-25-41)57-58-53-16-8-11-19-56(53)61(57)46-12-4-3-5-13-46/h3-38H,1-2H3. The zero-order chi connectivity index (χ0) is 40.9. The Balaban J connectivity index is 1.05. The monoisotopic (exact) mass is 782 g/mol. The smallest absolute Gasteiger partial charge is 0.145 e. The number of aromatic nitrogens is 3. The van der Waals surface area contributed by atoms with E-state index in [9.17, 15) is 0 Å². The van der Waals surface area contributed by atoms with E-state index in [4.69, 9.17) is 4.98 Å². The van der Waals surface area contributed by atoms with Gasteiger partial charge in [-0.1, -0.05) is 139 Å². The van der Waals surface area contributed by atoms with Crippen LogP contribution in [0.1, 0.15) is 11.1 Å². The largest absolute Gasteiger partial charge is 0.311 e. The summed E-state index contributed by atoms with van der Waals surface area (Å²) in [5.74, 6) is 0.920. The van der Waals surface area contributed by atoms with Crippen LogP contribution in [0.25, 0.3) is 77.9 Å². The molecule has 9 aromatic carbocycles. The van der Waals surface area contributed by atoms with Crippen LogP contribution in [0.3, 0.4) is 0 Å². The predicted molar refractivity (Wildman–Crippen MR) is 256 cm³/mol. The summed E-state index contributed by atoms with van der Waals surface area (Å²) >= 11 is 0. The van der Waals surface area contributed by atoms with Crippen LogP contribution in [0.5, 0.6) is 0 Å². The van der Waals surface area contributed by atoms with Crippen molar-refractivity contribution < 1.29 is 0 Å². The molecule has 4 nitrogen and oxygen atoms in total. The number of benzene rings is 9. The molecule has 0 aliphatic rings. The summed E-state index contributed by atoms with van der Waals surface area (Å²) in [7, 11) is 0. The van der Waals surface area contributed by atoms with E-state index in [1.165, 1.54) is 32.9 Å². The molecule has 0 spiro atoms. The van der Waals surface area contributed by atoms with Gasteiger partial charge in [-0.3, -0.25) is 4.57 Å². The third-order valence-electron chi connectivity index (χ3n) is 11.9. The number of hydrogen-bond donors (Lipinski definition) is 0. The number of fused-ring (bicyclic) bond motifs is 4. The van der Waals surface area contributed by atoms with E-state index in [-0.39, 0.29) is 0 Å². The lowest BCUT2D eigenvalue weighted by atomic mass is 9.96. The minimum Gasteiger partial charge on any atom is -0.311 e. The molecule has 0 fully saturated rings. The molecule has 0 radical (unpaired) electrons. The van der Waals surface area contributed by atoms with Crippen molar-refractivity contribution in [1.29, 1.82) is 0 Å². The summed E-state index contributed by atoms with van der Waals surface area (Å²) in [4.78, 5) is 7.47. The molecule has 11 rings (SSSR count). The highest BCUT2D eigenvalue weighted by molar-refractivity contribution is 6.09. The van der Waals surface area contributed by atoms with Crippen molar-refractivity contribution in [3.05, 3.63) is 230 Å². The molecule has 61 heavy (non-hydrogen) atoms. The lowest BCUT2D eigenvalue weighted by Crippen LogP contribution is -2.09. The molecule has 2 aromatic heterocycles. The Morgan fingerprint density at radius 1 is 0.344 bits per heavy atom. The highest BCUT2D eigenvalue weighted by atomic mass is 15.1. The lowest BCUT2D eigenvalue weighted by Gasteiger charge is -2.26. The highest BCUT2D eigenvalue weighted by Crippen LogP contribution is 2.39. The molecule has 4 heteroatoms. The SMILES string of the molecule is Cc1ccc(N(c2ccc(C)cc2)c2ccc(-c3cc(-c4ccc(-c5nc6ccccc6n5-c5ccccc5)cc4)cc(-n4c5ccccc5c5ccccc54)c3)cc2)cc1. The quantitative estimate of drug-likeness (QED) is 0.153. The Morgan fingerprint density at radius 2 is 0.787 bits per heavy atom. The first-order valence-corrected chi connectivity index (χ1v) is 20.9. The third-order valence-corrected chi connectivity index (χ3v) is 11.9. The molecule has 0 bridgehead atoms. The van der Waals surface area contributed by atoms with Crippen molar-refractivity contribution in [2.45, 2.75) is 13.8 Å². The van der Waals surface area contributed by atoms with Crippen LogP contribution in [0.4, 0.5) is 17.1 Å². The maximum absolute atomic E-state index is 5.14. The molecule has 0 amide bonds. The van der Waals surface area contributed by atoms with Gasteiger partial charge in [0.1, 0.15) is 5.82 Å². The Kier molecular flexibility index (Phi) is 8.90. The van der Waals surface area contributed by atoms with Gasteiger partial charge < -0.3 is 9.47 Å². The molecule has 11 aromatic rings. The van der Waals surface area contributed by atoms with Crippen LogP contribution in [0.15, 0.2) is 218 Å². The van der Waals surface area contributed by atoms with Crippen LogP contribution >= 0.6 is 0 Å². The summed E-state index contributed by atoms with van der Waals surface area (Å²) in [6.07, 6.45) is 0. The maximum Gasteiger partial charge on any atom is 0.145 e. The van der Waals surface area contributed by atoms with Crippen molar-refractivity contribution in [3.63, 3.8) is 0 Å². The first-order valence-electron chi connectivity index (χ1n) is 20.9. The molecule has 0 saturated carbocycles. The van der Waals surface area contributed by atoms with Crippen molar-refractivity contribution in [2.75, 3.05) is 4.90 Å². The fourth-order valence-electron chi connectivity index (χ4n) is 8.78. The second-order valence-electron chi connectivity index (χ2n) is 15.9. The summed E-state index contributed by atoms with van der Waals surface area (Å²) < 4.78 is 4.67. The fraction of sp³-hybridized carbons (Fsp3) is 0.0351. The first-order chi connectivity index (χ1) is 30.1. The molecule has 0 unspecified atom stereocenters. The van der Waals surface area contributed by atoms with Gasteiger partial charge in [-0.2, -0.15) is 0 Å². The first kappa shape index (κ1) is 36.2. The fourth-order valence-corrected chi connectivity index (χ4v) is 8.78. The highest BCUT2D eigenvalue weighted by Gasteiger charge is 2.18. The lowest BCUT2D eigenvalue weighted by molar-refractivity contribution is 1.10. The van der Waals surface area contributed by atoms with E-state index in [1.807, 2.05) is 0 Å². The number of anilines is 3. The predicted octanol–water partition coefficient (Wildman–Crippen LogP) is 15.2. The summed E-state index contributed by atoms with van der Waals surface area (Å²) in [5, 5.41) is 2.49. The van der Waals surface area contributed by atoms with Crippen LogP contribution in [-0.2, 0) is 0 Å². The van der Waals surface area contributed by atoms with E-state index in [0.29, 0.717) is 0 Å². The van der Waals surface area contributed by atoms with Crippen LogP contribution in [0, 0.1) is 13.8 Å². The van der Waals surface area contributed by atoms with E-state index in [2.05, 4.69) is 246 Å². The Hall–Kier alpha value is -7.95. The van der Waals surface area contributed by atoms with Crippen molar-refractivity contribution in [2.24, 2.45) is 0 Å². The van der Waals surface area contributed by atoms with E-state index < -0.39 is 0 Å². The Bertz CT molecular complexity index is 3240. The van der Waals surface area contributed by atoms with Crippen molar-refractivity contribution in [3.8, 4) is 45.0 Å². The molecule has 0 aliphatic carbocycles. The second-order valence-corrected chi connectivity index (χ2v) is 15.9. The molecule has 0 atom stereocenters. The van der Waals surface area contributed by atoms with Crippen LogP contribution in [0.2, 0.25) is 0 Å². The van der Waals surface area contributed by atoms with Crippen LogP contribution in [-0.4, -0.2) is 14.1 Å². The van der Waals surface area contributed by atoms with Gasteiger partial charge in [0.05, 0.1) is 22.1 Å². The van der Waals surface area contributed by atoms with Crippen molar-refractivity contribution >= 4 is 49.9 Å². The molecule has 0 N–H and O–H groups in total. The minimum atomic E-state index is 0.920. The van der Waals surface area contributed by atoms with Gasteiger partial charge in [0.15, 0.2) is 0 Å². The van der Waals surface area contributed by atoms with Gasteiger partial charge in [0.25, 0.3) is 0 Å². The molecule has 0 aliphatic heterocycles. The Labute approximate surface area is 355 Å². The average Bonchev–Trinajstić information content (AvgIpc) is 3.87. The van der Waals surface area contributed by atoms with E-state index in [1.54, 1.807) is 0 Å². The van der Waals surface area contributed by atoms with Gasteiger partial charge in [-0.25, -0.2) is 4.98 Å². The molecule has 2 heterocycles. The zero-order valence-corrected chi connectivity index (χ0v) is 34.1. The van der Waals surface area contributed by atoms with E-state index in [0.717, 1.165) is 73.1 Å². The van der Waals surface area contributed by atoms with Gasteiger partial charge in [-0.05, 0) is 127 Å². The number of rotatable bonds is 8. The van der Waals surface area contributed by atoms with Gasteiger partial charge >= 0.3 is 0 Å². The number of para-hydroxylation sites is 5. The minimum absolute atomic E-state index is 0.920. The van der Waals surface area contributed by atoms with Crippen LogP contribution < -0.4 is 4.90 Å². The normalized spacial score (nSPS) is 11.4. The van der Waals surface area contributed by atoms with Gasteiger partial charge in [0.2, 0.25) is 0 Å². The number of aryl methyl sites for hydroxylation is 2. The van der Waals surface area contributed by atoms with Crippen molar-refractivity contribution in [1.82, 2.24) is 14.1 Å². The Morgan fingerprint density at radius 3 is 1.34 bits per heavy atom. The maximum atomic E-state index is 5.14. The number of nitrogens with zero attached hydrogens (tertiary/aromatic N) is 4. The molecule has 0 saturated heterocycles. The second kappa shape index (κ2) is 15.0. The third kappa shape index (κ3) is 6.55. The summed E-state index contributed by atoms with van der Waals surface area (Å²) in [6.45, 7) is 4.27. The van der Waals surface area contributed by atoms with Gasteiger partial charge in [0, 0.05) is 44.8 Å². The zero-order valence-electron chi connectivity index (χ0n) is 34.1. The topological polar surface area (TPSA) is 26.0 Å². The number of hydrogen-bond acceptors (Lipinski definition) is 2. The average molecular weight is 783 g/mol. The molecular formula is C57H42N4. The van der Waals surface area contributed by atoms with E-state index >= 15 is 0 Å². The molecule has 290 valence electrons. The van der Waals surface area contributed by atoms with Gasteiger partial charge in [-0.15, -0.1) is 0 Å². The summed E-state index contributed by atoms with van der Waals surface area (Å²) in [6, 6.07) is 78.8. The number of imidazole rings is 1.